The van der Waals surface area contributed by atoms with E-state index in [2.05, 4.69) is 23.9 Å². The van der Waals surface area contributed by atoms with E-state index in [0.29, 0.717) is 31.4 Å². The Bertz CT molecular complexity index is 769. The van der Waals surface area contributed by atoms with Crippen LogP contribution in [0.3, 0.4) is 0 Å². The molecule has 138 valence electrons. The zero-order valence-electron chi connectivity index (χ0n) is 15.3. The fraction of sp³-hybridized carbons (Fsp3) is 0.579. The van der Waals surface area contributed by atoms with Crippen molar-refractivity contribution in [2.45, 2.75) is 51.8 Å². The predicted octanol–water partition coefficient (Wildman–Crippen LogP) is 2.45. The second-order valence-electron chi connectivity index (χ2n) is 7.12. The highest BCUT2D eigenvalue weighted by molar-refractivity contribution is 5.81. The first-order chi connectivity index (χ1) is 12.7. The lowest BCUT2D eigenvalue weighted by atomic mass is 9.94. The first-order valence-corrected chi connectivity index (χ1v) is 9.46. The van der Waals surface area contributed by atoms with Gasteiger partial charge >= 0.3 is 0 Å². The van der Waals surface area contributed by atoms with Crippen LogP contribution >= 0.6 is 0 Å². The standard InChI is InChI=1S/C19H25N5O2/c1-3-13(2)16-18-21-17(14-6-4-8-20-12-14)22-24(18)10-9-23(16)19(25)15-7-5-11-26-15/h4,6,8,12-13,15-16H,3,5,7,9-11H2,1-2H3/t13-,15+,16-/m0/s1. The van der Waals surface area contributed by atoms with E-state index in [0.717, 1.165) is 30.7 Å². The number of carbonyl (C=O) groups is 1. The second kappa shape index (κ2) is 7.15. The molecule has 0 spiro atoms. The minimum atomic E-state index is -0.297. The van der Waals surface area contributed by atoms with Crippen molar-refractivity contribution in [1.82, 2.24) is 24.6 Å². The molecule has 0 aromatic carbocycles. The lowest BCUT2D eigenvalue weighted by Crippen LogP contribution is -2.48. The van der Waals surface area contributed by atoms with Gasteiger partial charge in [-0.05, 0) is 30.9 Å². The zero-order valence-corrected chi connectivity index (χ0v) is 15.3. The Morgan fingerprint density at radius 2 is 2.31 bits per heavy atom. The molecule has 2 aromatic rings. The number of carbonyl (C=O) groups excluding carboxylic acids is 1. The molecule has 2 aromatic heterocycles. The van der Waals surface area contributed by atoms with E-state index in [4.69, 9.17) is 9.72 Å². The molecule has 3 atom stereocenters. The molecular weight excluding hydrogens is 330 g/mol. The molecule has 4 rings (SSSR count). The van der Waals surface area contributed by atoms with Crippen molar-refractivity contribution in [1.29, 1.82) is 0 Å². The minimum Gasteiger partial charge on any atom is -0.368 e. The van der Waals surface area contributed by atoms with Crippen LogP contribution in [0.4, 0.5) is 0 Å². The number of hydrogen-bond acceptors (Lipinski definition) is 5. The summed E-state index contributed by atoms with van der Waals surface area (Å²) >= 11 is 0. The summed E-state index contributed by atoms with van der Waals surface area (Å²) in [6.45, 7) is 6.31. The molecular formula is C19H25N5O2. The van der Waals surface area contributed by atoms with E-state index in [1.165, 1.54) is 0 Å². The molecule has 0 bridgehead atoms. The Morgan fingerprint density at radius 3 is 3.00 bits per heavy atom. The van der Waals surface area contributed by atoms with Crippen LogP contribution in [0.1, 0.15) is 45.0 Å². The van der Waals surface area contributed by atoms with Gasteiger partial charge in [0.1, 0.15) is 6.10 Å². The predicted molar refractivity (Wildman–Crippen MR) is 96.1 cm³/mol. The van der Waals surface area contributed by atoms with Gasteiger partial charge in [0.15, 0.2) is 11.6 Å². The molecule has 0 saturated carbocycles. The van der Waals surface area contributed by atoms with Gasteiger partial charge in [-0.1, -0.05) is 20.3 Å². The molecule has 7 nitrogen and oxygen atoms in total. The lowest BCUT2D eigenvalue weighted by molar-refractivity contribution is -0.146. The number of aromatic nitrogens is 4. The maximum absolute atomic E-state index is 13.1. The largest absolute Gasteiger partial charge is 0.368 e. The average Bonchev–Trinajstić information content (AvgIpc) is 3.36. The van der Waals surface area contributed by atoms with Crippen LogP contribution in [0.5, 0.6) is 0 Å². The molecule has 0 N–H and O–H groups in total. The molecule has 2 aliphatic rings. The van der Waals surface area contributed by atoms with Crippen molar-refractivity contribution >= 4 is 5.91 Å². The zero-order chi connectivity index (χ0) is 18.1. The smallest absolute Gasteiger partial charge is 0.252 e. The van der Waals surface area contributed by atoms with Gasteiger partial charge in [-0.3, -0.25) is 9.78 Å². The van der Waals surface area contributed by atoms with Gasteiger partial charge in [0, 0.05) is 31.1 Å². The summed E-state index contributed by atoms with van der Waals surface area (Å²) in [5, 5.41) is 4.68. The van der Waals surface area contributed by atoms with Crippen LogP contribution in [0, 0.1) is 5.92 Å². The molecule has 1 amide bonds. The molecule has 1 fully saturated rings. The van der Waals surface area contributed by atoms with Crippen molar-refractivity contribution in [3.05, 3.63) is 30.4 Å². The molecule has 1 saturated heterocycles. The van der Waals surface area contributed by atoms with Crippen molar-refractivity contribution in [3.63, 3.8) is 0 Å². The molecule has 4 heterocycles. The Morgan fingerprint density at radius 1 is 1.42 bits per heavy atom. The van der Waals surface area contributed by atoms with E-state index in [9.17, 15) is 4.79 Å². The van der Waals surface area contributed by atoms with Gasteiger partial charge in [-0.2, -0.15) is 5.10 Å². The fourth-order valence-corrected chi connectivity index (χ4v) is 3.83. The topological polar surface area (TPSA) is 73.1 Å². The van der Waals surface area contributed by atoms with Gasteiger partial charge in [-0.25, -0.2) is 9.67 Å². The normalized spacial score (nSPS) is 23.7. The monoisotopic (exact) mass is 355 g/mol. The number of fused-ring (bicyclic) bond motifs is 1. The average molecular weight is 355 g/mol. The number of rotatable bonds is 4. The molecule has 0 radical (unpaired) electrons. The number of pyridine rings is 1. The lowest BCUT2D eigenvalue weighted by Gasteiger charge is -2.39. The summed E-state index contributed by atoms with van der Waals surface area (Å²) in [5.74, 6) is 1.94. The van der Waals surface area contributed by atoms with Crippen LogP contribution in [-0.4, -0.2) is 49.8 Å². The Labute approximate surface area is 153 Å². The highest BCUT2D eigenvalue weighted by Crippen LogP contribution is 2.35. The van der Waals surface area contributed by atoms with Gasteiger partial charge < -0.3 is 9.64 Å². The number of hydrogen-bond donors (Lipinski definition) is 0. The molecule has 7 heteroatoms. The van der Waals surface area contributed by atoms with Crippen LogP contribution in [-0.2, 0) is 16.1 Å². The fourth-order valence-electron chi connectivity index (χ4n) is 3.83. The first-order valence-electron chi connectivity index (χ1n) is 9.46. The number of nitrogens with zero attached hydrogens (tertiary/aromatic N) is 5. The third kappa shape index (κ3) is 3.00. The summed E-state index contributed by atoms with van der Waals surface area (Å²) < 4.78 is 7.61. The highest BCUT2D eigenvalue weighted by Gasteiger charge is 2.40. The quantitative estimate of drug-likeness (QED) is 0.842. The number of ether oxygens (including phenoxy) is 1. The molecule has 26 heavy (non-hydrogen) atoms. The highest BCUT2D eigenvalue weighted by atomic mass is 16.5. The molecule has 0 unspecified atom stereocenters. The van der Waals surface area contributed by atoms with Crippen molar-refractivity contribution in [2.24, 2.45) is 5.92 Å². The van der Waals surface area contributed by atoms with Crippen LogP contribution in [0.15, 0.2) is 24.5 Å². The first kappa shape index (κ1) is 17.1. The van der Waals surface area contributed by atoms with E-state index in [-0.39, 0.29) is 18.1 Å². The summed E-state index contributed by atoms with van der Waals surface area (Å²) in [7, 11) is 0. The van der Waals surface area contributed by atoms with E-state index in [1.807, 2.05) is 21.7 Å². The van der Waals surface area contributed by atoms with Crippen molar-refractivity contribution in [2.75, 3.05) is 13.2 Å². The number of amides is 1. The van der Waals surface area contributed by atoms with Crippen molar-refractivity contribution < 1.29 is 9.53 Å². The molecule has 0 aliphatic carbocycles. The van der Waals surface area contributed by atoms with Gasteiger partial charge in [0.25, 0.3) is 5.91 Å². The Balaban J connectivity index is 1.68. The minimum absolute atomic E-state index is 0.0663. The summed E-state index contributed by atoms with van der Waals surface area (Å²) in [6, 6.07) is 3.78. The van der Waals surface area contributed by atoms with Crippen molar-refractivity contribution in [3.8, 4) is 11.4 Å². The third-order valence-corrected chi connectivity index (χ3v) is 5.44. The third-order valence-electron chi connectivity index (χ3n) is 5.44. The Kier molecular flexibility index (Phi) is 4.72. The van der Waals surface area contributed by atoms with E-state index < -0.39 is 0 Å². The van der Waals surface area contributed by atoms with E-state index >= 15 is 0 Å². The SMILES string of the molecule is CC[C@H](C)[C@H]1c2nc(-c3cccnc3)nn2CCN1C(=O)[C@H]1CCCO1. The van der Waals surface area contributed by atoms with Gasteiger partial charge in [-0.15, -0.1) is 0 Å². The van der Waals surface area contributed by atoms with Crippen LogP contribution < -0.4 is 0 Å². The Hall–Kier alpha value is -2.28. The maximum atomic E-state index is 13.1. The second-order valence-corrected chi connectivity index (χ2v) is 7.12. The van der Waals surface area contributed by atoms with Gasteiger partial charge in [0.2, 0.25) is 0 Å². The summed E-state index contributed by atoms with van der Waals surface area (Å²) in [4.78, 5) is 24.0. The van der Waals surface area contributed by atoms with E-state index in [1.54, 1.807) is 12.4 Å². The maximum Gasteiger partial charge on any atom is 0.252 e. The van der Waals surface area contributed by atoms with Crippen LogP contribution in [0.2, 0.25) is 0 Å². The van der Waals surface area contributed by atoms with Gasteiger partial charge in [0.05, 0.1) is 12.6 Å². The molecule has 2 aliphatic heterocycles. The van der Waals surface area contributed by atoms with Crippen LogP contribution in [0.25, 0.3) is 11.4 Å². The summed E-state index contributed by atoms with van der Waals surface area (Å²) in [6.07, 6.45) is 5.96. The summed E-state index contributed by atoms with van der Waals surface area (Å²) in [5.41, 5.74) is 0.898.